The van der Waals surface area contributed by atoms with E-state index in [2.05, 4.69) is 37.9 Å². The Hall–Kier alpha value is 0.0900. The maximum atomic E-state index is 14.0. The molecule has 1 aliphatic rings. The Morgan fingerprint density at radius 3 is 2.70 bits per heavy atom. The molecule has 0 nitrogen and oxygen atoms in total. The van der Waals surface area contributed by atoms with Crippen LogP contribution in [-0.4, -0.2) is 5.75 Å². The molecule has 0 saturated carbocycles. The smallest absolute Gasteiger partial charge is 0.137 e. The predicted molar refractivity (Wildman–Crippen MR) is 89.0 cm³/mol. The van der Waals surface area contributed by atoms with Gasteiger partial charge in [-0.25, -0.2) is 8.78 Å². The van der Waals surface area contributed by atoms with Gasteiger partial charge in [0, 0.05) is 21.1 Å². The lowest BCUT2D eigenvalue weighted by Gasteiger charge is -2.10. The van der Waals surface area contributed by atoms with E-state index in [-0.39, 0.29) is 9.30 Å². The summed E-state index contributed by atoms with van der Waals surface area (Å²) in [7, 11) is 0. The van der Waals surface area contributed by atoms with Crippen molar-refractivity contribution < 1.29 is 8.78 Å². The maximum absolute atomic E-state index is 14.0. The van der Waals surface area contributed by atoms with E-state index in [1.54, 1.807) is 11.3 Å². The Morgan fingerprint density at radius 2 is 1.95 bits per heavy atom. The Labute approximate surface area is 141 Å². The number of benzene rings is 1. The Balaban J connectivity index is 1.98. The molecular formula is C14H10Br2F2S2. The standard InChI is InChI=1S/C14H10Br2F2S2/c15-9-5-10(17)8(4-11(9)18)14(16)13-3-7-6-19-2-1-12(7)20-13/h3-5,14H,1-2,6H2. The largest absolute Gasteiger partial charge is 0.207 e. The summed E-state index contributed by atoms with van der Waals surface area (Å²) in [6.45, 7) is 0. The third-order valence-corrected chi connectivity index (χ3v) is 7.42. The summed E-state index contributed by atoms with van der Waals surface area (Å²) in [5, 5.41) is 0. The highest BCUT2D eigenvalue weighted by Crippen LogP contribution is 2.41. The molecule has 0 N–H and O–H groups in total. The van der Waals surface area contributed by atoms with Crippen LogP contribution < -0.4 is 0 Å². The Kier molecular flexibility index (Phi) is 4.55. The van der Waals surface area contributed by atoms with Crippen LogP contribution in [0.25, 0.3) is 0 Å². The van der Waals surface area contributed by atoms with Gasteiger partial charge in [0.25, 0.3) is 0 Å². The van der Waals surface area contributed by atoms with Crippen LogP contribution in [0.2, 0.25) is 0 Å². The summed E-state index contributed by atoms with van der Waals surface area (Å²) < 4.78 is 27.8. The minimum Gasteiger partial charge on any atom is -0.207 e. The number of hydrogen-bond donors (Lipinski definition) is 0. The normalized spacial score (nSPS) is 16.0. The third-order valence-electron chi connectivity index (χ3n) is 3.21. The molecule has 20 heavy (non-hydrogen) atoms. The quantitative estimate of drug-likeness (QED) is 0.404. The van der Waals surface area contributed by atoms with Gasteiger partial charge in [-0.15, -0.1) is 11.3 Å². The molecule has 0 amide bonds. The number of halogens is 4. The molecule has 0 bridgehead atoms. The number of aryl methyl sites for hydroxylation is 1. The lowest BCUT2D eigenvalue weighted by Crippen LogP contribution is -1.97. The first-order chi connectivity index (χ1) is 9.56. The number of thioether (sulfide) groups is 1. The van der Waals surface area contributed by atoms with Crippen LogP contribution in [-0.2, 0) is 12.2 Å². The fourth-order valence-electron chi connectivity index (χ4n) is 2.18. The van der Waals surface area contributed by atoms with Crippen molar-refractivity contribution >= 4 is 55.0 Å². The summed E-state index contributed by atoms with van der Waals surface area (Å²) in [6, 6.07) is 4.56. The molecule has 0 aliphatic carbocycles. The summed E-state index contributed by atoms with van der Waals surface area (Å²) in [4.78, 5) is 2.12. The molecule has 2 aromatic rings. The summed E-state index contributed by atoms with van der Waals surface area (Å²) in [5.41, 5.74) is 1.68. The highest BCUT2D eigenvalue weighted by Gasteiger charge is 2.22. The van der Waals surface area contributed by atoms with Crippen LogP contribution in [0.15, 0.2) is 22.7 Å². The van der Waals surface area contributed by atoms with E-state index < -0.39 is 11.6 Å². The van der Waals surface area contributed by atoms with E-state index in [0.29, 0.717) is 5.56 Å². The first kappa shape index (κ1) is 15.0. The lowest BCUT2D eigenvalue weighted by atomic mass is 10.1. The van der Waals surface area contributed by atoms with Gasteiger partial charge in [0.2, 0.25) is 0 Å². The molecule has 0 spiro atoms. The van der Waals surface area contributed by atoms with E-state index >= 15 is 0 Å². The summed E-state index contributed by atoms with van der Waals surface area (Å²) in [5.74, 6) is 1.31. The van der Waals surface area contributed by atoms with Gasteiger partial charge < -0.3 is 0 Å². The monoisotopic (exact) mass is 438 g/mol. The van der Waals surface area contributed by atoms with Crippen LogP contribution in [0.5, 0.6) is 0 Å². The number of fused-ring (bicyclic) bond motifs is 1. The fourth-order valence-corrected chi connectivity index (χ4v) is 5.63. The molecule has 1 atom stereocenters. The van der Waals surface area contributed by atoms with Crippen LogP contribution in [0.1, 0.15) is 25.7 Å². The van der Waals surface area contributed by atoms with E-state index in [0.717, 1.165) is 22.8 Å². The van der Waals surface area contributed by atoms with Crippen molar-refractivity contribution in [3.05, 3.63) is 55.2 Å². The second kappa shape index (κ2) is 6.07. The van der Waals surface area contributed by atoms with Crippen LogP contribution in [0, 0.1) is 11.6 Å². The van der Waals surface area contributed by atoms with Gasteiger partial charge in [0.15, 0.2) is 0 Å². The van der Waals surface area contributed by atoms with Gasteiger partial charge in [-0.1, -0.05) is 15.9 Å². The zero-order chi connectivity index (χ0) is 14.3. The SMILES string of the molecule is Fc1cc(C(Br)c2cc3c(s2)CCSC3)c(F)cc1Br. The molecule has 1 aliphatic heterocycles. The van der Waals surface area contributed by atoms with Gasteiger partial charge in [-0.3, -0.25) is 0 Å². The lowest BCUT2D eigenvalue weighted by molar-refractivity contribution is 0.583. The van der Waals surface area contributed by atoms with Crippen LogP contribution in [0.4, 0.5) is 8.78 Å². The third kappa shape index (κ3) is 2.85. The second-order valence-electron chi connectivity index (χ2n) is 4.55. The first-order valence-corrected chi connectivity index (χ1v) is 9.72. The molecule has 2 heterocycles. The van der Waals surface area contributed by atoms with Gasteiger partial charge in [-0.05, 0) is 51.9 Å². The molecule has 0 saturated heterocycles. The average Bonchev–Trinajstić information content (AvgIpc) is 2.86. The molecule has 1 aromatic heterocycles. The molecule has 6 heteroatoms. The highest BCUT2D eigenvalue weighted by atomic mass is 79.9. The van der Waals surface area contributed by atoms with Crippen molar-refractivity contribution in [1.82, 2.24) is 0 Å². The number of hydrogen-bond acceptors (Lipinski definition) is 2. The highest BCUT2D eigenvalue weighted by molar-refractivity contribution is 9.10. The van der Waals surface area contributed by atoms with Crippen molar-refractivity contribution in [3.63, 3.8) is 0 Å². The van der Waals surface area contributed by atoms with E-state index in [1.165, 1.54) is 22.6 Å². The fraction of sp³-hybridized carbons (Fsp3) is 0.286. The average molecular weight is 440 g/mol. The minimum atomic E-state index is -0.442. The number of rotatable bonds is 2. The predicted octanol–water partition coefficient (Wildman–Crippen LogP) is 6.06. The van der Waals surface area contributed by atoms with E-state index in [9.17, 15) is 8.78 Å². The van der Waals surface area contributed by atoms with Gasteiger partial charge in [0.05, 0.1) is 9.30 Å². The number of thiophene rings is 1. The molecule has 0 radical (unpaired) electrons. The zero-order valence-electron chi connectivity index (χ0n) is 10.3. The van der Waals surface area contributed by atoms with Crippen molar-refractivity contribution in [2.75, 3.05) is 5.75 Å². The van der Waals surface area contributed by atoms with Crippen LogP contribution >= 0.6 is 55.0 Å². The van der Waals surface area contributed by atoms with Crippen LogP contribution in [0.3, 0.4) is 0 Å². The topological polar surface area (TPSA) is 0 Å². The van der Waals surface area contributed by atoms with Gasteiger partial charge >= 0.3 is 0 Å². The van der Waals surface area contributed by atoms with Gasteiger partial charge in [0.1, 0.15) is 11.6 Å². The molecule has 106 valence electrons. The van der Waals surface area contributed by atoms with Crippen molar-refractivity contribution in [3.8, 4) is 0 Å². The van der Waals surface area contributed by atoms with Crippen molar-refractivity contribution in [2.24, 2.45) is 0 Å². The molecule has 1 unspecified atom stereocenters. The Bertz CT molecular complexity index is 631. The first-order valence-electron chi connectivity index (χ1n) is 6.04. The zero-order valence-corrected chi connectivity index (χ0v) is 15.1. The van der Waals surface area contributed by atoms with Crippen molar-refractivity contribution in [1.29, 1.82) is 0 Å². The minimum absolute atomic E-state index is 0.153. The van der Waals surface area contributed by atoms with Crippen molar-refractivity contribution in [2.45, 2.75) is 17.0 Å². The Morgan fingerprint density at radius 1 is 1.15 bits per heavy atom. The number of alkyl halides is 1. The molecule has 0 fully saturated rings. The molecule has 3 rings (SSSR count). The maximum Gasteiger partial charge on any atom is 0.137 e. The van der Waals surface area contributed by atoms with Gasteiger partial charge in [-0.2, -0.15) is 11.8 Å². The summed E-state index contributed by atoms with van der Waals surface area (Å²) >= 11 is 10.1. The molecule has 1 aromatic carbocycles. The molecular weight excluding hydrogens is 430 g/mol. The van der Waals surface area contributed by atoms with E-state index in [1.807, 2.05) is 11.8 Å². The van der Waals surface area contributed by atoms with E-state index in [4.69, 9.17) is 0 Å². The second-order valence-corrected chi connectivity index (χ2v) is 8.59. The summed E-state index contributed by atoms with van der Waals surface area (Å²) in [6.07, 6.45) is 1.07.